The highest BCUT2D eigenvalue weighted by molar-refractivity contribution is 7.89. The van der Waals surface area contributed by atoms with E-state index in [4.69, 9.17) is 5.26 Å². The SMILES string of the molecule is CCC(C#N)S(=O)(=O)N(C)CCN1CCNCC1. The number of sulfonamides is 1. The van der Waals surface area contributed by atoms with E-state index in [-0.39, 0.29) is 0 Å². The summed E-state index contributed by atoms with van der Waals surface area (Å²) in [5, 5.41) is 11.2. The van der Waals surface area contributed by atoms with Crippen LogP contribution in [0.4, 0.5) is 0 Å². The molecule has 1 heterocycles. The van der Waals surface area contributed by atoms with Crippen LogP contribution in [0, 0.1) is 11.3 Å². The van der Waals surface area contributed by atoms with Crippen molar-refractivity contribution in [2.24, 2.45) is 0 Å². The summed E-state index contributed by atoms with van der Waals surface area (Å²) in [6.07, 6.45) is 0.330. The van der Waals surface area contributed by atoms with Gasteiger partial charge in [-0.25, -0.2) is 12.7 Å². The van der Waals surface area contributed by atoms with E-state index in [1.165, 1.54) is 4.31 Å². The molecule has 104 valence electrons. The molecular formula is C11H22N4O2S. The molecule has 0 bridgehead atoms. The Labute approximate surface area is 110 Å². The zero-order chi connectivity index (χ0) is 13.6. The Balaban J connectivity index is 2.48. The van der Waals surface area contributed by atoms with Gasteiger partial charge in [0.05, 0.1) is 6.07 Å². The molecule has 0 aromatic heterocycles. The Kier molecular flexibility index (Phi) is 6.02. The van der Waals surface area contributed by atoms with Crippen molar-refractivity contribution in [1.82, 2.24) is 14.5 Å². The second kappa shape index (κ2) is 7.04. The average molecular weight is 274 g/mol. The lowest BCUT2D eigenvalue weighted by Crippen LogP contribution is -2.47. The first kappa shape index (κ1) is 15.4. The molecule has 1 saturated heterocycles. The van der Waals surface area contributed by atoms with Gasteiger partial charge < -0.3 is 5.32 Å². The van der Waals surface area contributed by atoms with Crippen molar-refractivity contribution in [2.45, 2.75) is 18.6 Å². The number of rotatable bonds is 6. The summed E-state index contributed by atoms with van der Waals surface area (Å²) in [4.78, 5) is 2.23. The summed E-state index contributed by atoms with van der Waals surface area (Å²) in [6.45, 7) is 6.68. The van der Waals surface area contributed by atoms with E-state index in [9.17, 15) is 8.42 Å². The molecule has 0 aliphatic carbocycles. The Morgan fingerprint density at radius 2 is 2.06 bits per heavy atom. The molecule has 1 aliphatic rings. The number of piperazine rings is 1. The number of hydrogen-bond donors (Lipinski definition) is 1. The molecule has 18 heavy (non-hydrogen) atoms. The molecule has 0 saturated carbocycles. The van der Waals surface area contributed by atoms with Crippen LogP contribution in [0.2, 0.25) is 0 Å². The third-order valence-corrected chi connectivity index (χ3v) is 5.46. The fraction of sp³-hybridized carbons (Fsp3) is 0.909. The second-order valence-corrected chi connectivity index (χ2v) is 6.71. The van der Waals surface area contributed by atoms with Crippen LogP contribution in [-0.4, -0.2) is 69.2 Å². The molecule has 1 N–H and O–H groups in total. The summed E-state index contributed by atoms with van der Waals surface area (Å²) >= 11 is 0. The van der Waals surface area contributed by atoms with E-state index in [2.05, 4.69) is 10.2 Å². The molecule has 0 radical (unpaired) electrons. The van der Waals surface area contributed by atoms with Crippen LogP contribution in [0.5, 0.6) is 0 Å². The first-order valence-electron chi connectivity index (χ1n) is 6.30. The van der Waals surface area contributed by atoms with E-state index < -0.39 is 15.3 Å². The fourth-order valence-corrected chi connectivity index (χ4v) is 3.25. The Hall–Kier alpha value is -0.680. The number of nitrogens with zero attached hydrogens (tertiary/aromatic N) is 3. The number of likely N-dealkylation sites (N-methyl/N-ethyl adjacent to an activating group) is 1. The number of nitrogens with one attached hydrogen (secondary N) is 1. The minimum atomic E-state index is -3.47. The normalized spacial score (nSPS) is 19.7. The molecule has 1 fully saturated rings. The molecular weight excluding hydrogens is 252 g/mol. The van der Waals surface area contributed by atoms with Gasteiger partial charge in [-0.3, -0.25) is 4.90 Å². The van der Waals surface area contributed by atoms with Crippen LogP contribution < -0.4 is 5.32 Å². The third-order valence-electron chi connectivity index (χ3n) is 3.25. The molecule has 0 aromatic carbocycles. The van der Waals surface area contributed by atoms with Crippen molar-refractivity contribution in [3.8, 4) is 6.07 Å². The zero-order valence-corrected chi connectivity index (χ0v) is 11.9. The Bertz CT molecular complexity index is 384. The Morgan fingerprint density at radius 1 is 1.44 bits per heavy atom. The van der Waals surface area contributed by atoms with E-state index in [0.717, 1.165) is 32.7 Å². The van der Waals surface area contributed by atoms with E-state index >= 15 is 0 Å². The minimum absolute atomic E-state index is 0.330. The van der Waals surface area contributed by atoms with Gasteiger partial charge in [-0.1, -0.05) is 6.92 Å². The molecule has 0 spiro atoms. The van der Waals surface area contributed by atoms with Crippen molar-refractivity contribution in [3.05, 3.63) is 0 Å². The lowest BCUT2D eigenvalue weighted by molar-refractivity contribution is 0.229. The third kappa shape index (κ3) is 3.92. The van der Waals surface area contributed by atoms with Gasteiger partial charge in [0.15, 0.2) is 5.25 Å². The predicted octanol–water partition coefficient (Wildman–Crippen LogP) is -0.545. The maximum atomic E-state index is 12.0. The van der Waals surface area contributed by atoms with Crippen LogP contribution >= 0.6 is 0 Å². The summed E-state index contributed by atoms with van der Waals surface area (Å²) < 4.78 is 25.4. The monoisotopic (exact) mass is 274 g/mol. The van der Waals surface area contributed by atoms with Gasteiger partial charge in [-0.2, -0.15) is 5.26 Å². The molecule has 1 rings (SSSR count). The van der Waals surface area contributed by atoms with Gasteiger partial charge in [0.2, 0.25) is 10.0 Å². The van der Waals surface area contributed by atoms with Gasteiger partial charge in [-0.05, 0) is 6.42 Å². The van der Waals surface area contributed by atoms with Gasteiger partial charge in [0.25, 0.3) is 0 Å². The van der Waals surface area contributed by atoms with Crippen LogP contribution in [0.15, 0.2) is 0 Å². The highest BCUT2D eigenvalue weighted by Gasteiger charge is 2.28. The van der Waals surface area contributed by atoms with E-state index in [0.29, 0.717) is 13.0 Å². The molecule has 7 heteroatoms. The van der Waals surface area contributed by atoms with Crippen molar-refractivity contribution in [3.63, 3.8) is 0 Å². The van der Waals surface area contributed by atoms with Crippen LogP contribution in [0.25, 0.3) is 0 Å². The molecule has 6 nitrogen and oxygen atoms in total. The molecule has 1 atom stereocenters. The summed E-state index contributed by atoms with van der Waals surface area (Å²) in [5.41, 5.74) is 0. The summed E-state index contributed by atoms with van der Waals surface area (Å²) in [7, 11) is -1.92. The lowest BCUT2D eigenvalue weighted by atomic mass is 10.3. The highest BCUT2D eigenvalue weighted by atomic mass is 32.2. The van der Waals surface area contributed by atoms with Gasteiger partial charge in [0, 0.05) is 46.3 Å². The summed E-state index contributed by atoms with van der Waals surface area (Å²) in [6, 6.07) is 1.86. The van der Waals surface area contributed by atoms with Gasteiger partial charge >= 0.3 is 0 Å². The van der Waals surface area contributed by atoms with Crippen molar-refractivity contribution < 1.29 is 8.42 Å². The van der Waals surface area contributed by atoms with E-state index in [1.54, 1.807) is 14.0 Å². The number of hydrogen-bond acceptors (Lipinski definition) is 5. The Morgan fingerprint density at radius 3 is 2.56 bits per heavy atom. The van der Waals surface area contributed by atoms with Crippen LogP contribution in [0.1, 0.15) is 13.3 Å². The molecule has 1 aliphatic heterocycles. The standard InChI is InChI=1S/C11H22N4O2S/c1-3-11(10-12)18(16,17)14(2)8-9-15-6-4-13-5-7-15/h11,13H,3-9H2,1-2H3. The summed E-state index contributed by atoms with van der Waals surface area (Å²) in [5.74, 6) is 0. The first-order valence-corrected chi connectivity index (χ1v) is 7.80. The predicted molar refractivity (Wildman–Crippen MR) is 70.6 cm³/mol. The van der Waals surface area contributed by atoms with Crippen LogP contribution in [-0.2, 0) is 10.0 Å². The minimum Gasteiger partial charge on any atom is -0.314 e. The zero-order valence-electron chi connectivity index (χ0n) is 11.1. The fourth-order valence-electron chi connectivity index (χ4n) is 1.93. The van der Waals surface area contributed by atoms with Gasteiger partial charge in [0.1, 0.15) is 0 Å². The highest BCUT2D eigenvalue weighted by Crippen LogP contribution is 2.10. The maximum absolute atomic E-state index is 12.0. The van der Waals surface area contributed by atoms with Crippen molar-refractivity contribution in [2.75, 3.05) is 46.3 Å². The molecule has 1 unspecified atom stereocenters. The van der Waals surface area contributed by atoms with Crippen LogP contribution in [0.3, 0.4) is 0 Å². The molecule has 0 aromatic rings. The lowest BCUT2D eigenvalue weighted by Gasteiger charge is -2.29. The van der Waals surface area contributed by atoms with Crippen molar-refractivity contribution in [1.29, 1.82) is 5.26 Å². The first-order chi connectivity index (χ1) is 8.52. The van der Waals surface area contributed by atoms with Gasteiger partial charge in [-0.15, -0.1) is 0 Å². The number of nitriles is 1. The van der Waals surface area contributed by atoms with Crippen molar-refractivity contribution >= 4 is 10.0 Å². The quantitative estimate of drug-likeness (QED) is 0.703. The largest absolute Gasteiger partial charge is 0.314 e. The average Bonchev–Trinajstić information content (AvgIpc) is 2.38. The molecule has 0 amide bonds. The topological polar surface area (TPSA) is 76.4 Å². The maximum Gasteiger partial charge on any atom is 0.230 e. The van der Waals surface area contributed by atoms with E-state index in [1.807, 2.05) is 6.07 Å². The second-order valence-electron chi connectivity index (χ2n) is 4.48. The smallest absolute Gasteiger partial charge is 0.230 e.